The molecule has 5 nitrogen and oxygen atoms in total. The maximum absolute atomic E-state index is 11.9. The van der Waals surface area contributed by atoms with Gasteiger partial charge in [-0.15, -0.1) is 0 Å². The number of aromatic nitrogens is 1. The van der Waals surface area contributed by atoms with Crippen molar-refractivity contribution >= 4 is 29.2 Å². The lowest BCUT2D eigenvalue weighted by Gasteiger charge is -2.07. The number of ketones is 1. The quantitative estimate of drug-likeness (QED) is 0.830. The largest absolute Gasteiger partial charge is 0.337 e. The van der Waals surface area contributed by atoms with Crippen LogP contribution in [-0.2, 0) is 0 Å². The number of pyridine rings is 1. The Morgan fingerprint density at radius 1 is 1.18 bits per heavy atom. The summed E-state index contributed by atoms with van der Waals surface area (Å²) in [6.07, 6.45) is 1.73. The van der Waals surface area contributed by atoms with Gasteiger partial charge < -0.3 is 5.32 Å². The minimum absolute atomic E-state index is 0.0128. The van der Waals surface area contributed by atoms with Gasteiger partial charge in [0.15, 0.2) is 5.78 Å². The van der Waals surface area contributed by atoms with Gasteiger partial charge in [0.05, 0.1) is 0 Å². The lowest BCUT2D eigenvalue weighted by molar-refractivity contribution is 0.0984. The van der Waals surface area contributed by atoms with Crippen LogP contribution in [0.25, 0.3) is 0 Å². The molecule has 0 aliphatic rings. The van der Waals surface area contributed by atoms with Crippen molar-refractivity contribution in [2.45, 2.75) is 13.3 Å². The normalized spacial score (nSPS) is 10.1. The van der Waals surface area contributed by atoms with E-state index in [-0.39, 0.29) is 18.7 Å². The van der Waals surface area contributed by atoms with Gasteiger partial charge >= 0.3 is 6.03 Å². The van der Waals surface area contributed by atoms with E-state index >= 15 is 0 Å². The molecule has 114 valence electrons. The predicted octanol–water partition coefficient (Wildman–Crippen LogP) is 3.44. The average molecular weight is 318 g/mol. The molecule has 0 radical (unpaired) electrons. The van der Waals surface area contributed by atoms with E-state index in [9.17, 15) is 9.59 Å². The maximum atomic E-state index is 11.9. The molecule has 0 aliphatic heterocycles. The Morgan fingerprint density at radius 2 is 1.91 bits per heavy atom. The number of aryl methyl sites for hydroxylation is 1. The minimum atomic E-state index is -0.425. The molecule has 1 heterocycles. The van der Waals surface area contributed by atoms with Crippen LogP contribution in [0, 0.1) is 6.92 Å². The van der Waals surface area contributed by atoms with Crippen molar-refractivity contribution in [3.63, 3.8) is 0 Å². The van der Waals surface area contributed by atoms with Gasteiger partial charge in [0.2, 0.25) is 0 Å². The lowest BCUT2D eigenvalue weighted by Crippen LogP contribution is -2.30. The van der Waals surface area contributed by atoms with Crippen LogP contribution in [-0.4, -0.2) is 23.3 Å². The van der Waals surface area contributed by atoms with Crippen LogP contribution in [0.5, 0.6) is 0 Å². The van der Waals surface area contributed by atoms with Gasteiger partial charge in [0, 0.05) is 29.7 Å². The number of nitrogens with zero attached hydrogens (tertiary/aromatic N) is 1. The Labute approximate surface area is 133 Å². The lowest BCUT2D eigenvalue weighted by atomic mass is 10.1. The molecule has 0 saturated heterocycles. The summed E-state index contributed by atoms with van der Waals surface area (Å²) >= 11 is 5.80. The SMILES string of the molecule is Cc1ccc(C(=O)CCNC(=O)Nc2cc(Cl)ccn2)cc1. The van der Waals surface area contributed by atoms with Gasteiger partial charge in [0.25, 0.3) is 0 Å². The summed E-state index contributed by atoms with van der Waals surface area (Å²) in [5, 5.41) is 5.64. The highest BCUT2D eigenvalue weighted by Crippen LogP contribution is 2.11. The fourth-order valence-electron chi connectivity index (χ4n) is 1.81. The highest BCUT2D eigenvalue weighted by molar-refractivity contribution is 6.30. The van der Waals surface area contributed by atoms with Crippen LogP contribution in [0.3, 0.4) is 0 Å². The molecule has 0 fully saturated rings. The molecule has 22 heavy (non-hydrogen) atoms. The number of rotatable bonds is 5. The van der Waals surface area contributed by atoms with Crippen LogP contribution >= 0.6 is 11.6 Å². The van der Waals surface area contributed by atoms with Crippen LogP contribution in [0.15, 0.2) is 42.6 Å². The van der Waals surface area contributed by atoms with E-state index in [2.05, 4.69) is 15.6 Å². The van der Waals surface area contributed by atoms with E-state index in [1.165, 1.54) is 6.20 Å². The monoisotopic (exact) mass is 317 g/mol. The summed E-state index contributed by atoms with van der Waals surface area (Å²) in [5.74, 6) is 0.344. The molecule has 0 bridgehead atoms. The molecule has 1 aromatic heterocycles. The van der Waals surface area contributed by atoms with E-state index in [4.69, 9.17) is 11.6 Å². The zero-order valence-electron chi connectivity index (χ0n) is 12.1. The number of carbonyl (C=O) groups is 2. The number of amides is 2. The van der Waals surface area contributed by atoms with Crippen LogP contribution in [0.1, 0.15) is 22.3 Å². The van der Waals surface area contributed by atoms with Gasteiger partial charge in [-0.2, -0.15) is 0 Å². The smallest absolute Gasteiger partial charge is 0.320 e. The van der Waals surface area contributed by atoms with Crippen LogP contribution in [0.2, 0.25) is 5.02 Å². The molecule has 6 heteroatoms. The number of anilines is 1. The third-order valence-electron chi connectivity index (χ3n) is 2.97. The van der Waals surface area contributed by atoms with Gasteiger partial charge in [0.1, 0.15) is 5.82 Å². The summed E-state index contributed by atoms with van der Waals surface area (Å²) in [6.45, 7) is 2.21. The van der Waals surface area contributed by atoms with E-state index in [1.807, 2.05) is 19.1 Å². The van der Waals surface area contributed by atoms with Crippen molar-refractivity contribution in [1.29, 1.82) is 0 Å². The Balaban J connectivity index is 1.77. The first kappa shape index (κ1) is 16.0. The number of hydrogen-bond donors (Lipinski definition) is 2. The van der Waals surface area contributed by atoms with Crippen molar-refractivity contribution < 1.29 is 9.59 Å². The van der Waals surface area contributed by atoms with E-state index < -0.39 is 6.03 Å². The summed E-state index contributed by atoms with van der Waals surface area (Å²) in [5.41, 5.74) is 1.74. The molecule has 0 aliphatic carbocycles. The number of halogens is 1. The second kappa shape index (κ2) is 7.56. The zero-order chi connectivity index (χ0) is 15.9. The number of nitrogens with one attached hydrogen (secondary N) is 2. The minimum Gasteiger partial charge on any atom is -0.337 e. The summed E-state index contributed by atoms with van der Waals surface area (Å²) in [7, 11) is 0. The highest BCUT2D eigenvalue weighted by Gasteiger charge is 2.07. The van der Waals surface area contributed by atoms with Crippen LogP contribution in [0.4, 0.5) is 10.6 Å². The fourth-order valence-corrected chi connectivity index (χ4v) is 1.97. The first-order valence-electron chi connectivity index (χ1n) is 6.81. The van der Waals surface area contributed by atoms with Crippen molar-refractivity contribution in [2.24, 2.45) is 0 Å². The van der Waals surface area contributed by atoms with Crippen molar-refractivity contribution in [3.05, 3.63) is 58.7 Å². The summed E-state index contributed by atoms with van der Waals surface area (Å²) < 4.78 is 0. The molecule has 2 rings (SSSR count). The second-order valence-electron chi connectivity index (χ2n) is 4.78. The second-order valence-corrected chi connectivity index (χ2v) is 5.22. The molecular formula is C16H16ClN3O2. The topological polar surface area (TPSA) is 71.1 Å². The third kappa shape index (κ3) is 4.86. The number of benzene rings is 1. The van der Waals surface area contributed by atoms with E-state index in [0.29, 0.717) is 16.4 Å². The van der Waals surface area contributed by atoms with Crippen molar-refractivity contribution in [3.8, 4) is 0 Å². The van der Waals surface area contributed by atoms with Crippen molar-refractivity contribution in [1.82, 2.24) is 10.3 Å². The predicted molar refractivity (Wildman–Crippen MR) is 86.4 cm³/mol. The number of carbonyl (C=O) groups excluding carboxylic acids is 2. The standard InChI is InChI=1S/C16H16ClN3O2/c1-11-2-4-12(5-3-11)14(21)7-9-19-16(22)20-15-10-13(17)6-8-18-15/h2-6,8,10H,7,9H2,1H3,(H2,18,19,20,22). The molecule has 2 N–H and O–H groups in total. The molecule has 2 amide bonds. The maximum Gasteiger partial charge on any atom is 0.320 e. The highest BCUT2D eigenvalue weighted by atomic mass is 35.5. The van der Waals surface area contributed by atoms with Gasteiger partial charge in [-0.25, -0.2) is 9.78 Å². The average Bonchev–Trinajstić information content (AvgIpc) is 2.47. The fraction of sp³-hybridized carbons (Fsp3) is 0.188. The summed E-state index contributed by atoms with van der Waals surface area (Å²) in [4.78, 5) is 27.6. The Morgan fingerprint density at radius 3 is 2.59 bits per heavy atom. The van der Waals surface area contributed by atoms with Gasteiger partial charge in [-0.1, -0.05) is 41.4 Å². The molecular weight excluding hydrogens is 302 g/mol. The Bertz CT molecular complexity index is 671. The molecule has 0 saturated carbocycles. The van der Waals surface area contributed by atoms with Gasteiger partial charge in [-0.3, -0.25) is 10.1 Å². The number of Topliss-reactive ketones (excluding diaryl/α,β-unsaturated/α-hetero) is 1. The summed E-state index contributed by atoms with van der Waals surface area (Å²) in [6, 6.07) is 10.1. The number of hydrogen-bond acceptors (Lipinski definition) is 3. The van der Waals surface area contributed by atoms with E-state index in [1.54, 1.807) is 24.3 Å². The molecule has 0 spiro atoms. The molecule has 0 unspecified atom stereocenters. The number of urea groups is 1. The Hall–Kier alpha value is -2.40. The molecule has 2 aromatic rings. The van der Waals surface area contributed by atoms with Crippen LogP contribution < -0.4 is 10.6 Å². The molecule has 1 aromatic carbocycles. The third-order valence-corrected chi connectivity index (χ3v) is 3.21. The zero-order valence-corrected chi connectivity index (χ0v) is 12.9. The Kier molecular flexibility index (Phi) is 5.49. The van der Waals surface area contributed by atoms with E-state index in [0.717, 1.165) is 5.56 Å². The van der Waals surface area contributed by atoms with Gasteiger partial charge in [-0.05, 0) is 19.1 Å². The molecule has 0 atom stereocenters. The first-order valence-corrected chi connectivity index (χ1v) is 7.18. The first-order chi connectivity index (χ1) is 10.5. The van der Waals surface area contributed by atoms with Crippen molar-refractivity contribution in [2.75, 3.05) is 11.9 Å².